The average Bonchev–Trinajstić information content (AvgIpc) is 2.73. The van der Waals surface area contributed by atoms with Crippen LogP contribution in [0.3, 0.4) is 0 Å². The highest BCUT2D eigenvalue weighted by Gasteiger charge is 2.31. The third-order valence-corrected chi connectivity index (χ3v) is 4.73. The molecule has 194 valence electrons. The summed E-state index contributed by atoms with van der Waals surface area (Å²) in [6, 6.07) is -5.67. The Morgan fingerprint density at radius 1 is 0.794 bits per heavy atom. The molecular formula is C19H35N7O8. The summed E-state index contributed by atoms with van der Waals surface area (Å²) in [5.74, 6) is -5.96. The maximum absolute atomic E-state index is 12.8. The van der Waals surface area contributed by atoms with Crippen LogP contribution < -0.4 is 38.9 Å². The molecule has 0 aliphatic carbocycles. The number of nitrogens with one attached hydrogen (secondary N) is 3. The fourth-order valence-electron chi connectivity index (χ4n) is 2.75. The van der Waals surface area contributed by atoms with Crippen molar-refractivity contribution in [1.82, 2.24) is 16.0 Å². The Balaban J connectivity index is 5.54. The van der Waals surface area contributed by atoms with Crippen molar-refractivity contribution in [3.05, 3.63) is 0 Å². The molecule has 5 amide bonds. The molecule has 0 bridgehead atoms. The Morgan fingerprint density at radius 2 is 1.32 bits per heavy atom. The topological polar surface area (TPSA) is 283 Å². The molecule has 0 aromatic rings. The van der Waals surface area contributed by atoms with E-state index in [4.69, 9.17) is 22.9 Å². The van der Waals surface area contributed by atoms with Gasteiger partial charge in [-0.05, 0) is 39.2 Å². The van der Waals surface area contributed by atoms with Gasteiger partial charge in [0, 0.05) is 6.42 Å². The van der Waals surface area contributed by atoms with Gasteiger partial charge in [-0.15, -0.1) is 0 Å². The quantitative estimate of drug-likeness (QED) is 0.0882. The summed E-state index contributed by atoms with van der Waals surface area (Å²) in [6.07, 6.45) is -1.53. The SMILES string of the molecule is CC(O)C(N)C(=O)NC(CCC(N)=O)C(=O)NC(CC(N)=O)C(=O)NC(CCCCN)C(=O)O. The van der Waals surface area contributed by atoms with Crippen LogP contribution >= 0.6 is 0 Å². The van der Waals surface area contributed by atoms with Crippen LogP contribution in [-0.2, 0) is 28.8 Å². The molecule has 5 unspecified atom stereocenters. The highest BCUT2D eigenvalue weighted by Crippen LogP contribution is 2.05. The van der Waals surface area contributed by atoms with Crippen molar-refractivity contribution in [1.29, 1.82) is 0 Å². The monoisotopic (exact) mass is 489 g/mol. The van der Waals surface area contributed by atoms with Crippen LogP contribution in [0.1, 0.15) is 45.4 Å². The predicted molar refractivity (Wildman–Crippen MR) is 118 cm³/mol. The number of carboxylic acid groups (broad SMARTS) is 1. The first kappa shape index (κ1) is 30.7. The van der Waals surface area contributed by atoms with Gasteiger partial charge in [0.1, 0.15) is 24.2 Å². The summed E-state index contributed by atoms with van der Waals surface area (Å²) in [5, 5.41) is 25.5. The molecule has 0 saturated heterocycles. The molecule has 0 aromatic heterocycles. The van der Waals surface area contributed by atoms with Crippen molar-refractivity contribution in [2.45, 2.75) is 75.7 Å². The number of amides is 5. The molecule has 15 heteroatoms. The van der Waals surface area contributed by atoms with Gasteiger partial charge < -0.3 is 49.1 Å². The molecule has 13 N–H and O–H groups in total. The number of rotatable bonds is 17. The molecule has 0 radical (unpaired) electrons. The zero-order valence-corrected chi connectivity index (χ0v) is 19.0. The number of primary amides is 2. The number of aliphatic carboxylic acids is 1. The molecular weight excluding hydrogens is 454 g/mol. The molecule has 34 heavy (non-hydrogen) atoms. The van der Waals surface area contributed by atoms with Crippen molar-refractivity contribution in [2.75, 3.05) is 6.54 Å². The van der Waals surface area contributed by atoms with Crippen LogP contribution in [0.4, 0.5) is 0 Å². The minimum atomic E-state index is -1.57. The van der Waals surface area contributed by atoms with Crippen LogP contribution in [0.15, 0.2) is 0 Å². The van der Waals surface area contributed by atoms with Crippen LogP contribution in [0, 0.1) is 0 Å². The summed E-state index contributed by atoms with van der Waals surface area (Å²) in [5.41, 5.74) is 21.2. The maximum Gasteiger partial charge on any atom is 0.326 e. The fraction of sp³-hybridized carbons (Fsp3) is 0.684. The minimum absolute atomic E-state index is 0.0596. The first-order chi connectivity index (χ1) is 15.8. The van der Waals surface area contributed by atoms with Gasteiger partial charge in [-0.2, -0.15) is 0 Å². The number of hydrogen-bond acceptors (Lipinski definition) is 9. The molecule has 0 heterocycles. The molecule has 15 nitrogen and oxygen atoms in total. The van der Waals surface area contributed by atoms with Gasteiger partial charge in [0.2, 0.25) is 29.5 Å². The number of aliphatic hydroxyl groups excluding tert-OH is 1. The highest BCUT2D eigenvalue weighted by atomic mass is 16.4. The lowest BCUT2D eigenvalue weighted by atomic mass is 10.1. The lowest BCUT2D eigenvalue weighted by Gasteiger charge is -2.25. The van der Waals surface area contributed by atoms with Crippen molar-refractivity contribution in [2.24, 2.45) is 22.9 Å². The molecule has 0 rings (SSSR count). The summed E-state index contributed by atoms with van der Waals surface area (Å²) in [4.78, 5) is 71.6. The molecule has 0 saturated carbocycles. The van der Waals surface area contributed by atoms with E-state index in [9.17, 15) is 39.0 Å². The number of nitrogens with two attached hydrogens (primary N) is 4. The first-order valence-corrected chi connectivity index (χ1v) is 10.6. The Morgan fingerprint density at radius 3 is 1.79 bits per heavy atom. The molecule has 0 aromatic carbocycles. The summed E-state index contributed by atoms with van der Waals surface area (Å²) in [6.45, 7) is 1.58. The molecule has 5 atom stereocenters. The number of hydrogen-bond donors (Lipinski definition) is 9. The molecule has 0 aliphatic heterocycles. The van der Waals surface area contributed by atoms with Crippen molar-refractivity contribution in [3.63, 3.8) is 0 Å². The Bertz CT molecular complexity index is 746. The minimum Gasteiger partial charge on any atom is -0.480 e. The summed E-state index contributed by atoms with van der Waals surface area (Å²) < 4.78 is 0. The molecule has 0 fully saturated rings. The van der Waals surface area contributed by atoms with Crippen LogP contribution in [-0.4, -0.2) is 82.5 Å². The lowest BCUT2D eigenvalue weighted by Crippen LogP contribution is -2.58. The van der Waals surface area contributed by atoms with Gasteiger partial charge in [0.25, 0.3) is 0 Å². The zero-order chi connectivity index (χ0) is 26.4. The van der Waals surface area contributed by atoms with E-state index < -0.39 is 72.2 Å². The lowest BCUT2D eigenvalue weighted by molar-refractivity contribution is -0.142. The molecule has 0 spiro atoms. The van der Waals surface area contributed by atoms with Gasteiger partial charge in [0.05, 0.1) is 12.5 Å². The zero-order valence-electron chi connectivity index (χ0n) is 19.0. The van der Waals surface area contributed by atoms with E-state index in [1.54, 1.807) is 0 Å². The fourth-order valence-corrected chi connectivity index (χ4v) is 2.75. The summed E-state index contributed by atoms with van der Waals surface area (Å²) >= 11 is 0. The van der Waals surface area contributed by atoms with E-state index in [2.05, 4.69) is 16.0 Å². The second-order valence-corrected chi connectivity index (χ2v) is 7.75. The highest BCUT2D eigenvalue weighted by molar-refractivity contribution is 5.96. The van der Waals surface area contributed by atoms with E-state index in [-0.39, 0.29) is 19.3 Å². The van der Waals surface area contributed by atoms with E-state index in [1.807, 2.05) is 0 Å². The third kappa shape index (κ3) is 12.1. The third-order valence-electron chi connectivity index (χ3n) is 4.73. The van der Waals surface area contributed by atoms with Crippen LogP contribution in [0.25, 0.3) is 0 Å². The van der Waals surface area contributed by atoms with Crippen molar-refractivity contribution < 1.29 is 39.0 Å². The normalized spacial score (nSPS) is 15.2. The largest absolute Gasteiger partial charge is 0.480 e. The Kier molecular flexibility index (Phi) is 14.0. The van der Waals surface area contributed by atoms with E-state index in [0.29, 0.717) is 19.4 Å². The van der Waals surface area contributed by atoms with Crippen LogP contribution in [0.5, 0.6) is 0 Å². The average molecular weight is 490 g/mol. The second kappa shape index (κ2) is 15.5. The van der Waals surface area contributed by atoms with Crippen molar-refractivity contribution in [3.8, 4) is 0 Å². The van der Waals surface area contributed by atoms with Gasteiger partial charge >= 0.3 is 5.97 Å². The van der Waals surface area contributed by atoms with Gasteiger partial charge in [-0.25, -0.2) is 4.79 Å². The van der Waals surface area contributed by atoms with Gasteiger partial charge in [0.15, 0.2) is 0 Å². The molecule has 0 aliphatic rings. The Labute approximate surface area is 196 Å². The van der Waals surface area contributed by atoms with E-state index >= 15 is 0 Å². The number of carbonyl (C=O) groups is 6. The van der Waals surface area contributed by atoms with E-state index in [1.165, 1.54) is 6.92 Å². The number of carboxylic acids is 1. The maximum atomic E-state index is 12.8. The van der Waals surface area contributed by atoms with E-state index in [0.717, 1.165) is 0 Å². The summed E-state index contributed by atoms with van der Waals surface area (Å²) in [7, 11) is 0. The van der Waals surface area contributed by atoms with Gasteiger partial charge in [-0.1, -0.05) is 0 Å². The standard InChI is InChI=1S/C19H35N7O8/c1-9(27)15(23)18(32)24-10(5-6-13(21)28)16(30)26-12(8-14(22)29)17(31)25-11(19(33)34)4-2-3-7-20/h9-12,15,27H,2-8,20,23H2,1H3,(H2,21,28)(H2,22,29)(H,24,32)(H,25,31)(H,26,30)(H,33,34). The number of carbonyl (C=O) groups excluding carboxylic acids is 5. The number of unbranched alkanes of at least 4 members (excludes halogenated alkanes) is 1. The number of aliphatic hydroxyl groups is 1. The second-order valence-electron chi connectivity index (χ2n) is 7.75. The smallest absolute Gasteiger partial charge is 0.326 e. The van der Waals surface area contributed by atoms with Gasteiger partial charge in [-0.3, -0.25) is 24.0 Å². The first-order valence-electron chi connectivity index (χ1n) is 10.6. The van der Waals surface area contributed by atoms with Crippen molar-refractivity contribution >= 4 is 35.5 Å². The Hall–Kier alpha value is -3.30. The predicted octanol–water partition coefficient (Wildman–Crippen LogP) is -4.50. The van der Waals surface area contributed by atoms with Crippen LogP contribution in [0.2, 0.25) is 0 Å².